The number of amides is 1. The van der Waals surface area contributed by atoms with Crippen molar-refractivity contribution in [2.24, 2.45) is 0 Å². The minimum atomic E-state index is -0.446. The SMILES string of the molecule is Cc1csc(=O)n1CC(=O)N[C@H](C)c1ccccc1F. The number of nitrogens with one attached hydrogen (secondary N) is 1. The van der Waals surface area contributed by atoms with Crippen LogP contribution in [0.3, 0.4) is 0 Å². The number of benzene rings is 1. The lowest BCUT2D eigenvalue weighted by Crippen LogP contribution is -2.33. The molecule has 2 rings (SSSR count). The average Bonchev–Trinajstić information content (AvgIpc) is 2.71. The fourth-order valence-corrected chi connectivity index (χ4v) is 2.67. The first-order valence-corrected chi connectivity index (χ1v) is 7.05. The van der Waals surface area contributed by atoms with Crippen LogP contribution in [0, 0.1) is 12.7 Å². The van der Waals surface area contributed by atoms with Gasteiger partial charge in [-0.2, -0.15) is 0 Å². The summed E-state index contributed by atoms with van der Waals surface area (Å²) in [7, 11) is 0. The molecule has 0 aliphatic carbocycles. The number of hydrogen-bond acceptors (Lipinski definition) is 3. The van der Waals surface area contributed by atoms with Crippen molar-refractivity contribution in [3.05, 3.63) is 56.4 Å². The van der Waals surface area contributed by atoms with Crippen molar-refractivity contribution in [1.82, 2.24) is 9.88 Å². The number of thiazole rings is 1. The molecule has 106 valence electrons. The van der Waals surface area contributed by atoms with Crippen LogP contribution in [0.2, 0.25) is 0 Å². The monoisotopic (exact) mass is 294 g/mol. The lowest BCUT2D eigenvalue weighted by Gasteiger charge is -2.15. The fraction of sp³-hybridized carbons (Fsp3) is 0.286. The average molecular weight is 294 g/mol. The molecule has 1 aromatic heterocycles. The highest BCUT2D eigenvalue weighted by molar-refractivity contribution is 7.07. The molecule has 2 aromatic rings. The molecule has 0 radical (unpaired) electrons. The molecule has 0 aliphatic rings. The summed E-state index contributed by atoms with van der Waals surface area (Å²) in [5, 5.41) is 4.40. The van der Waals surface area contributed by atoms with Gasteiger partial charge in [-0.25, -0.2) is 4.39 Å². The summed E-state index contributed by atoms with van der Waals surface area (Å²) in [6.45, 7) is 3.43. The van der Waals surface area contributed by atoms with Crippen LogP contribution in [0.15, 0.2) is 34.4 Å². The van der Waals surface area contributed by atoms with E-state index in [4.69, 9.17) is 0 Å². The number of carbonyl (C=O) groups excluding carboxylic acids is 1. The van der Waals surface area contributed by atoms with Crippen molar-refractivity contribution in [3.8, 4) is 0 Å². The number of halogens is 1. The summed E-state index contributed by atoms with van der Waals surface area (Å²) < 4.78 is 15.0. The minimum Gasteiger partial charge on any atom is -0.348 e. The first kappa shape index (κ1) is 14.5. The van der Waals surface area contributed by atoms with E-state index in [0.717, 1.165) is 17.0 Å². The molecule has 0 unspecified atom stereocenters. The number of hydrogen-bond donors (Lipinski definition) is 1. The second-order valence-electron chi connectivity index (χ2n) is 4.54. The Hall–Kier alpha value is -1.95. The maximum atomic E-state index is 13.6. The second kappa shape index (κ2) is 6.00. The van der Waals surface area contributed by atoms with Crippen LogP contribution in [-0.2, 0) is 11.3 Å². The van der Waals surface area contributed by atoms with Gasteiger partial charge < -0.3 is 5.32 Å². The van der Waals surface area contributed by atoms with E-state index in [1.165, 1.54) is 10.6 Å². The highest BCUT2D eigenvalue weighted by Gasteiger charge is 2.14. The van der Waals surface area contributed by atoms with E-state index in [9.17, 15) is 14.0 Å². The fourth-order valence-electron chi connectivity index (χ4n) is 1.93. The zero-order valence-corrected chi connectivity index (χ0v) is 12.0. The molecule has 0 aliphatic heterocycles. The topological polar surface area (TPSA) is 51.1 Å². The van der Waals surface area contributed by atoms with Gasteiger partial charge in [0, 0.05) is 16.6 Å². The van der Waals surface area contributed by atoms with E-state index in [1.807, 2.05) is 0 Å². The van der Waals surface area contributed by atoms with Crippen molar-refractivity contribution in [2.45, 2.75) is 26.4 Å². The van der Waals surface area contributed by atoms with Gasteiger partial charge in [-0.1, -0.05) is 29.5 Å². The van der Waals surface area contributed by atoms with E-state index in [1.54, 1.807) is 37.4 Å². The Kier molecular flexibility index (Phi) is 4.34. The van der Waals surface area contributed by atoms with Gasteiger partial charge in [0.1, 0.15) is 12.4 Å². The largest absolute Gasteiger partial charge is 0.348 e. The number of aryl methyl sites for hydroxylation is 1. The summed E-state index contributed by atoms with van der Waals surface area (Å²) >= 11 is 1.06. The summed E-state index contributed by atoms with van der Waals surface area (Å²) in [5.74, 6) is -0.673. The van der Waals surface area contributed by atoms with E-state index < -0.39 is 6.04 Å². The van der Waals surface area contributed by atoms with Gasteiger partial charge in [-0.3, -0.25) is 14.2 Å². The number of aromatic nitrogens is 1. The van der Waals surface area contributed by atoms with E-state index in [0.29, 0.717) is 5.56 Å². The van der Waals surface area contributed by atoms with Crippen LogP contribution in [0.4, 0.5) is 4.39 Å². The molecule has 1 aromatic carbocycles. The van der Waals surface area contributed by atoms with Gasteiger partial charge in [-0.05, 0) is 19.9 Å². The highest BCUT2D eigenvalue weighted by atomic mass is 32.1. The first-order valence-electron chi connectivity index (χ1n) is 6.17. The van der Waals surface area contributed by atoms with E-state index >= 15 is 0 Å². The maximum absolute atomic E-state index is 13.6. The quantitative estimate of drug-likeness (QED) is 0.940. The summed E-state index contributed by atoms with van der Waals surface area (Å²) in [5.41, 5.74) is 1.17. The summed E-state index contributed by atoms with van der Waals surface area (Å²) in [4.78, 5) is 23.3. The Morgan fingerprint density at radius 2 is 2.15 bits per heavy atom. The van der Waals surface area contributed by atoms with Crippen LogP contribution in [0.25, 0.3) is 0 Å². The molecule has 0 bridgehead atoms. The van der Waals surface area contributed by atoms with Crippen molar-refractivity contribution in [2.75, 3.05) is 0 Å². The molecular weight excluding hydrogens is 279 g/mol. The van der Waals surface area contributed by atoms with Gasteiger partial charge in [0.2, 0.25) is 5.91 Å². The lowest BCUT2D eigenvalue weighted by atomic mass is 10.1. The molecule has 1 amide bonds. The molecule has 0 fully saturated rings. The molecule has 6 heteroatoms. The van der Waals surface area contributed by atoms with Gasteiger partial charge in [-0.15, -0.1) is 0 Å². The minimum absolute atomic E-state index is 0.0487. The Morgan fingerprint density at radius 3 is 2.75 bits per heavy atom. The van der Waals surface area contributed by atoms with Gasteiger partial charge in [0.25, 0.3) is 0 Å². The molecular formula is C14H15FN2O2S. The predicted molar refractivity (Wildman–Crippen MR) is 76.3 cm³/mol. The van der Waals surface area contributed by atoms with Gasteiger partial charge in [0.15, 0.2) is 0 Å². The van der Waals surface area contributed by atoms with Crippen LogP contribution in [-0.4, -0.2) is 10.5 Å². The van der Waals surface area contributed by atoms with Crippen LogP contribution < -0.4 is 10.2 Å². The number of nitrogens with zero attached hydrogens (tertiary/aromatic N) is 1. The third-order valence-electron chi connectivity index (χ3n) is 3.03. The van der Waals surface area contributed by atoms with Crippen molar-refractivity contribution in [3.63, 3.8) is 0 Å². The number of carbonyl (C=O) groups is 1. The van der Waals surface area contributed by atoms with Crippen LogP contribution in [0.1, 0.15) is 24.2 Å². The molecule has 0 saturated heterocycles. The van der Waals surface area contributed by atoms with E-state index in [-0.39, 0.29) is 23.1 Å². The van der Waals surface area contributed by atoms with Crippen LogP contribution in [0.5, 0.6) is 0 Å². The maximum Gasteiger partial charge on any atom is 0.307 e. The van der Waals surface area contributed by atoms with E-state index in [2.05, 4.69) is 5.32 Å². The number of rotatable bonds is 4. The smallest absolute Gasteiger partial charge is 0.307 e. The summed E-state index contributed by atoms with van der Waals surface area (Å²) in [6, 6.07) is 5.85. The third kappa shape index (κ3) is 3.14. The summed E-state index contributed by atoms with van der Waals surface area (Å²) in [6.07, 6.45) is 0. The Balaban J connectivity index is 2.05. The molecule has 0 saturated carbocycles. The third-order valence-corrected chi connectivity index (χ3v) is 3.91. The molecule has 1 N–H and O–H groups in total. The lowest BCUT2D eigenvalue weighted by molar-refractivity contribution is -0.122. The Morgan fingerprint density at radius 1 is 1.45 bits per heavy atom. The van der Waals surface area contributed by atoms with Crippen molar-refractivity contribution >= 4 is 17.2 Å². The molecule has 4 nitrogen and oxygen atoms in total. The zero-order valence-electron chi connectivity index (χ0n) is 11.2. The molecule has 20 heavy (non-hydrogen) atoms. The molecule has 0 spiro atoms. The molecule has 1 atom stereocenters. The Bertz CT molecular complexity index is 678. The predicted octanol–water partition coefficient (Wildman–Crippen LogP) is 2.23. The van der Waals surface area contributed by atoms with Crippen LogP contribution >= 0.6 is 11.3 Å². The first-order chi connectivity index (χ1) is 9.49. The molecule has 1 heterocycles. The Labute approximate surface area is 119 Å². The van der Waals surface area contributed by atoms with Crippen molar-refractivity contribution < 1.29 is 9.18 Å². The normalized spacial score (nSPS) is 12.2. The van der Waals surface area contributed by atoms with Gasteiger partial charge >= 0.3 is 4.87 Å². The zero-order chi connectivity index (χ0) is 14.7. The van der Waals surface area contributed by atoms with Crippen molar-refractivity contribution in [1.29, 1.82) is 0 Å². The van der Waals surface area contributed by atoms with Gasteiger partial charge in [0.05, 0.1) is 6.04 Å². The highest BCUT2D eigenvalue weighted by Crippen LogP contribution is 2.15. The standard InChI is InChI=1S/C14H15FN2O2S/c1-9-8-20-14(19)17(9)7-13(18)16-10(2)11-5-3-4-6-12(11)15/h3-6,8,10H,7H2,1-2H3,(H,16,18)/t10-/m1/s1. The second-order valence-corrected chi connectivity index (χ2v) is 5.36.